The molecule has 4 heteroatoms. The van der Waals surface area contributed by atoms with E-state index in [4.69, 9.17) is 9.72 Å². The summed E-state index contributed by atoms with van der Waals surface area (Å²) >= 11 is 0. The number of carbonyl (C=O) groups excluding carboxylic acids is 1. The molecule has 0 fully saturated rings. The van der Waals surface area contributed by atoms with E-state index in [1.807, 2.05) is 0 Å². The van der Waals surface area contributed by atoms with Gasteiger partial charge in [-0.3, -0.25) is 9.36 Å². The van der Waals surface area contributed by atoms with E-state index < -0.39 is 0 Å². The molecule has 0 spiro atoms. The zero-order chi connectivity index (χ0) is 20.6. The van der Waals surface area contributed by atoms with Crippen LogP contribution in [-0.4, -0.2) is 22.1 Å². The van der Waals surface area contributed by atoms with E-state index >= 15 is 0 Å². The van der Waals surface area contributed by atoms with Crippen LogP contribution in [0.4, 0.5) is 0 Å². The summed E-state index contributed by atoms with van der Waals surface area (Å²) < 4.78 is 7.61. The number of benzene rings is 2. The van der Waals surface area contributed by atoms with Gasteiger partial charge in [-0.2, -0.15) is 0 Å². The van der Waals surface area contributed by atoms with Gasteiger partial charge in [0.2, 0.25) is 0 Å². The molecule has 0 saturated heterocycles. The van der Waals surface area contributed by atoms with E-state index in [-0.39, 0.29) is 5.97 Å². The van der Waals surface area contributed by atoms with Crippen molar-refractivity contribution in [2.75, 3.05) is 6.61 Å². The lowest BCUT2D eigenvalue weighted by Gasteiger charge is -2.11. The van der Waals surface area contributed by atoms with Gasteiger partial charge in [0.25, 0.3) is 0 Å². The smallest absolute Gasteiger partial charge is 0.305 e. The molecule has 0 aliphatic carbocycles. The second-order valence-electron chi connectivity index (χ2n) is 7.70. The summed E-state index contributed by atoms with van der Waals surface area (Å²) in [5.74, 6) is 1.02. The topological polar surface area (TPSA) is 44.1 Å². The highest BCUT2D eigenvalue weighted by Gasteiger charge is 2.12. The molecule has 0 atom stereocenters. The zero-order valence-electron chi connectivity index (χ0n) is 17.9. The van der Waals surface area contributed by atoms with Gasteiger partial charge in [-0.1, -0.05) is 44.9 Å². The highest BCUT2D eigenvalue weighted by molar-refractivity contribution is 5.79. The van der Waals surface area contributed by atoms with E-state index in [0.717, 1.165) is 61.1 Å². The number of rotatable bonds is 10. The van der Waals surface area contributed by atoms with Crippen LogP contribution < -0.4 is 0 Å². The Morgan fingerprint density at radius 2 is 1.76 bits per heavy atom. The van der Waals surface area contributed by atoms with Crippen LogP contribution in [0.3, 0.4) is 0 Å². The van der Waals surface area contributed by atoms with Crippen molar-refractivity contribution in [3.05, 3.63) is 59.4 Å². The number of fused-ring (bicyclic) bond motifs is 1. The minimum Gasteiger partial charge on any atom is -0.465 e. The molecule has 0 N–H and O–H groups in total. The number of nitrogens with zero attached hydrogens (tertiary/aromatic N) is 2. The third-order valence-corrected chi connectivity index (χ3v) is 5.22. The molecule has 1 aromatic heterocycles. The summed E-state index contributed by atoms with van der Waals surface area (Å²) in [4.78, 5) is 16.6. The fourth-order valence-corrected chi connectivity index (χ4v) is 3.52. The van der Waals surface area contributed by atoms with Gasteiger partial charge in [-0.25, -0.2) is 4.98 Å². The highest BCUT2D eigenvalue weighted by Crippen LogP contribution is 2.24. The lowest BCUT2D eigenvalue weighted by molar-refractivity contribution is -0.143. The van der Waals surface area contributed by atoms with Crippen LogP contribution in [-0.2, 0) is 22.4 Å². The summed E-state index contributed by atoms with van der Waals surface area (Å²) in [6.45, 7) is 6.83. The van der Waals surface area contributed by atoms with Crippen LogP contribution in [0.2, 0.25) is 0 Å². The van der Waals surface area contributed by atoms with Crippen molar-refractivity contribution in [3.63, 3.8) is 0 Å². The second-order valence-corrected chi connectivity index (χ2v) is 7.70. The lowest BCUT2D eigenvalue weighted by atomic mass is 10.1. The molecule has 4 nitrogen and oxygen atoms in total. The Bertz CT molecular complexity index is 941. The first-order valence-electron chi connectivity index (χ1n) is 10.8. The van der Waals surface area contributed by atoms with Gasteiger partial charge in [0.1, 0.15) is 5.82 Å². The SMILES string of the molecule is CCCCC(=O)OCCc1ccc(-n2c(CCCC)nc3cc(C)ccc32)cc1. The van der Waals surface area contributed by atoms with Gasteiger partial charge in [0.05, 0.1) is 17.6 Å². The van der Waals surface area contributed by atoms with E-state index in [1.54, 1.807) is 0 Å². The quantitative estimate of drug-likeness (QED) is 0.400. The number of aromatic nitrogens is 2. The lowest BCUT2D eigenvalue weighted by Crippen LogP contribution is -2.07. The number of esters is 1. The Kier molecular flexibility index (Phi) is 7.45. The van der Waals surface area contributed by atoms with Gasteiger partial charge in [0, 0.05) is 24.9 Å². The molecule has 3 aromatic rings. The Morgan fingerprint density at radius 1 is 1.00 bits per heavy atom. The summed E-state index contributed by atoms with van der Waals surface area (Å²) in [6, 6.07) is 15.0. The number of hydrogen-bond acceptors (Lipinski definition) is 3. The molecule has 0 radical (unpaired) electrons. The van der Waals surface area contributed by atoms with Crippen molar-refractivity contribution in [2.45, 2.75) is 65.7 Å². The fraction of sp³-hybridized carbons (Fsp3) is 0.440. The maximum atomic E-state index is 11.6. The summed E-state index contributed by atoms with van der Waals surface area (Å²) in [5, 5.41) is 0. The third-order valence-electron chi connectivity index (χ3n) is 5.22. The normalized spacial score (nSPS) is 11.1. The van der Waals surface area contributed by atoms with Gasteiger partial charge in [-0.05, 0) is 55.2 Å². The Hall–Kier alpha value is -2.62. The van der Waals surface area contributed by atoms with E-state index in [1.165, 1.54) is 11.1 Å². The van der Waals surface area contributed by atoms with E-state index in [9.17, 15) is 4.79 Å². The maximum Gasteiger partial charge on any atom is 0.305 e. The summed E-state index contributed by atoms with van der Waals surface area (Å²) in [6.07, 6.45) is 6.42. The molecule has 0 saturated carbocycles. The predicted octanol–water partition coefficient (Wildman–Crippen LogP) is 5.95. The molecule has 0 amide bonds. The van der Waals surface area contributed by atoms with Crippen LogP contribution in [0.25, 0.3) is 16.7 Å². The number of hydrogen-bond donors (Lipinski definition) is 0. The average molecular weight is 393 g/mol. The first-order chi connectivity index (χ1) is 14.1. The monoisotopic (exact) mass is 392 g/mol. The van der Waals surface area contributed by atoms with Crippen LogP contribution in [0, 0.1) is 6.92 Å². The Balaban J connectivity index is 1.75. The van der Waals surface area contributed by atoms with Gasteiger partial charge >= 0.3 is 5.97 Å². The first kappa shape index (κ1) is 21.1. The summed E-state index contributed by atoms with van der Waals surface area (Å²) in [5.41, 5.74) is 5.74. The van der Waals surface area contributed by atoms with Gasteiger partial charge in [-0.15, -0.1) is 0 Å². The summed E-state index contributed by atoms with van der Waals surface area (Å²) in [7, 11) is 0. The number of unbranched alkanes of at least 4 members (excludes halogenated alkanes) is 2. The molecular formula is C25H32N2O2. The minimum absolute atomic E-state index is 0.0933. The molecule has 154 valence electrons. The van der Waals surface area contributed by atoms with Crippen molar-refractivity contribution in [2.24, 2.45) is 0 Å². The molecule has 0 aliphatic rings. The number of aryl methyl sites for hydroxylation is 2. The van der Waals surface area contributed by atoms with Crippen molar-refractivity contribution >= 4 is 17.0 Å². The fourth-order valence-electron chi connectivity index (χ4n) is 3.52. The van der Waals surface area contributed by atoms with Crippen LogP contribution >= 0.6 is 0 Å². The first-order valence-corrected chi connectivity index (χ1v) is 10.8. The molecule has 3 rings (SSSR count). The van der Waals surface area contributed by atoms with Gasteiger partial charge < -0.3 is 4.74 Å². The van der Waals surface area contributed by atoms with E-state index in [0.29, 0.717) is 13.0 Å². The average Bonchev–Trinajstić information content (AvgIpc) is 3.08. The van der Waals surface area contributed by atoms with Crippen molar-refractivity contribution in [1.82, 2.24) is 9.55 Å². The predicted molar refractivity (Wildman–Crippen MR) is 119 cm³/mol. The molecule has 1 heterocycles. The van der Waals surface area contributed by atoms with E-state index in [2.05, 4.69) is 67.8 Å². The molecule has 29 heavy (non-hydrogen) atoms. The second kappa shape index (κ2) is 10.2. The largest absolute Gasteiger partial charge is 0.465 e. The highest BCUT2D eigenvalue weighted by atomic mass is 16.5. The Labute approximate surface area is 173 Å². The third kappa shape index (κ3) is 5.47. The van der Waals surface area contributed by atoms with Crippen molar-refractivity contribution < 1.29 is 9.53 Å². The van der Waals surface area contributed by atoms with Crippen LogP contribution in [0.1, 0.15) is 62.9 Å². The molecule has 0 aliphatic heterocycles. The molecule has 2 aromatic carbocycles. The molecule has 0 bridgehead atoms. The Morgan fingerprint density at radius 3 is 2.48 bits per heavy atom. The minimum atomic E-state index is -0.0933. The standard InChI is InChI=1S/C25H32N2O2/c1-4-6-8-24-26-22-18-19(3)10-15-23(22)27(24)21-13-11-20(12-14-21)16-17-29-25(28)9-7-5-2/h10-15,18H,4-9,16-17H2,1-3H3. The molecular weight excluding hydrogens is 360 g/mol. The van der Waals surface area contributed by atoms with Crippen LogP contribution in [0.5, 0.6) is 0 Å². The zero-order valence-corrected chi connectivity index (χ0v) is 17.9. The van der Waals surface area contributed by atoms with Crippen LogP contribution in [0.15, 0.2) is 42.5 Å². The van der Waals surface area contributed by atoms with Crippen molar-refractivity contribution in [3.8, 4) is 5.69 Å². The number of imidazole rings is 1. The molecule has 0 unspecified atom stereocenters. The van der Waals surface area contributed by atoms with Gasteiger partial charge in [0.15, 0.2) is 0 Å². The number of ether oxygens (including phenoxy) is 1. The maximum absolute atomic E-state index is 11.6. The number of carbonyl (C=O) groups is 1. The van der Waals surface area contributed by atoms with Crippen molar-refractivity contribution in [1.29, 1.82) is 0 Å².